The molecule has 2 amide bonds. The summed E-state index contributed by atoms with van der Waals surface area (Å²) < 4.78 is 18.3. The first kappa shape index (κ1) is 20.0. The lowest BCUT2D eigenvalue weighted by molar-refractivity contribution is -0.122. The highest BCUT2D eigenvalue weighted by molar-refractivity contribution is 7.15. The summed E-state index contributed by atoms with van der Waals surface area (Å²) in [5.74, 6) is -0.540. The van der Waals surface area contributed by atoms with Gasteiger partial charge in [-0.05, 0) is 42.0 Å². The van der Waals surface area contributed by atoms with Crippen molar-refractivity contribution in [3.05, 3.63) is 64.9 Å². The van der Waals surface area contributed by atoms with Gasteiger partial charge in [0.05, 0.1) is 13.0 Å². The number of benzene rings is 2. The number of carbonyl (C=O) groups excluding carboxylic acids is 2. The van der Waals surface area contributed by atoms with Crippen molar-refractivity contribution in [1.29, 1.82) is 0 Å². The van der Waals surface area contributed by atoms with E-state index in [1.54, 1.807) is 7.11 Å². The van der Waals surface area contributed by atoms with Crippen molar-refractivity contribution in [2.75, 3.05) is 23.9 Å². The Morgan fingerprint density at radius 1 is 1.20 bits per heavy atom. The van der Waals surface area contributed by atoms with Crippen molar-refractivity contribution in [2.24, 2.45) is 5.92 Å². The summed E-state index contributed by atoms with van der Waals surface area (Å²) in [5, 5.41) is 12.1. The molecular formula is C21H19FN4O3S. The van der Waals surface area contributed by atoms with Gasteiger partial charge in [-0.1, -0.05) is 23.5 Å². The van der Waals surface area contributed by atoms with Gasteiger partial charge in [-0.3, -0.25) is 9.59 Å². The van der Waals surface area contributed by atoms with Crippen LogP contribution < -0.4 is 15.0 Å². The van der Waals surface area contributed by atoms with Gasteiger partial charge in [-0.2, -0.15) is 0 Å². The van der Waals surface area contributed by atoms with Gasteiger partial charge in [0.2, 0.25) is 16.9 Å². The lowest BCUT2D eigenvalue weighted by Crippen LogP contribution is -2.28. The molecule has 0 spiro atoms. The van der Waals surface area contributed by atoms with E-state index < -0.39 is 5.92 Å². The Kier molecular flexibility index (Phi) is 5.71. The van der Waals surface area contributed by atoms with E-state index in [0.717, 1.165) is 16.3 Å². The number of ether oxygens (including phenoxy) is 1. The van der Waals surface area contributed by atoms with Crippen LogP contribution in [0.25, 0.3) is 0 Å². The fourth-order valence-electron chi connectivity index (χ4n) is 3.25. The Labute approximate surface area is 176 Å². The van der Waals surface area contributed by atoms with Gasteiger partial charge in [0.15, 0.2) is 0 Å². The van der Waals surface area contributed by atoms with Crippen LogP contribution in [-0.4, -0.2) is 35.7 Å². The summed E-state index contributed by atoms with van der Waals surface area (Å²) in [7, 11) is 1.62. The van der Waals surface area contributed by atoms with E-state index in [2.05, 4.69) is 15.5 Å². The van der Waals surface area contributed by atoms with Gasteiger partial charge in [-0.25, -0.2) is 4.39 Å². The molecule has 0 radical (unpaired) electrons. The van der Waals surface area contributed by atoms with E-state index in [1.807, 2.05) is 24.3 Å². The van der Waals surface area contributed by atoms with Crippen LogP contribution in [0, 0.1) is 11.7 Å². The Morgan fingerprint density at radius 2 is 1.93 bits per heavy atom. The maximum Gasteiger partial charge on any atom is 0.231 e. The highest BCUT2D eigenvalue weighted by atomic mass is 32.1. The Bertz CT molecular complexity index is 1050. The number of hydrogen-bond acceptors (Lipinski definition) is 6. The molecule has 1 N–H and O–H groups in total. The van der Waals surface area contributed by atoms with E-state index in [9.17, 15) is 14.0 Å². The summed E-state index contributed by atoms with van der Waals surface area (Å²) in [6, 6.07) is 13.3. The largest absolute Gasteiger partial charge is 0.497 e. The number of halogens is 1. The van der Waals surface area contributed by atoms with E-state index in [0.29, 0.717) is 17.2 Å². The average Bonchev–Trinajstić information content (AvgIpc) is 3.35. The molecule has 7 nitrogen and oxygen atoms in total. The monoisotopic (exact) mass is 426 g/mol. The molecule has 1 aromatic heterocycles. The molecule has 9 heteroatoms. The van der Waals surface area contributed by atoms with Crippen molar-refractivity contribution in [3.63, 3.8) is 0 Å². The first-order chi connectivity index (χ1) is 14.5. The fourth-order valence-corrected chi connectivity index (χ4v) is 4.03. The standard InChI is InChI=1S/C21H19FN4O3S/c1-29-17-8-2-13(3-9-17)10-18-24-25-21(30-18)23-20(28)14-11-19(27)26(12-14)16-6-4-15(22)5-7-16/h2-9,14H,10-12H2,1H3,(H,23,25,28)/t14-/m1/s1. The number of nitrogens with one attached hydrogen (secondary N) is 1. The number of rotatable bonds is 6. The molecule has 1 aliphatic rings. The minimum absolute atomic E-state index is 0.0979. The first-order valence-corrected chi connectivity index (χ1v) is 10.2. The number of anilines is 2. The lowest BCUT2D eigenvalue weighted by atomic mass is 10.1. The first-order valence-electron chi connectivity index (χ1n) is 9.34. The molecule has 2 aromatic carbocycles. The predicted molar refractivity (Wildman–Crippen MR) is 111 cm³/mol. The van der Waals surface area contributed by atoms with Gasteiger partial charge in [0.25, 0.3) is 0 Å². The molecule has 0 unspecified atom stereocenters. The fraction of sp³-hybridized carbons (Fsp3) is 0.238. The van der Waals surface area contributed by atoms with Gasteiger partial charge < -0.3 is 15.0 Å². The number of nitrogens with zero attached hydrogens (tertiary/aromatic N) is 3. The van der Waals surface area contributed by atoms with Crippen LogP contribution in [0.1, 0.15) is 17.0 Å². The molecule has 3 aromatic rings. The Balaban J connectivity index is 1.36. The SMILES string of the molecule is COc1ccc(Cc2nnc(NC(=O)[C@@H]3CC(=O)N(c4ccc(F)cc4)C3)s2)cc1. The van der Waals surface area contributed by atoms with Gasteiger partial charge >= 0.3 is 0 Å². The Hall–Kier alpha value is -3.33. The normalized spacial score (nSPS) is 16.0. The van der Waals surface area contributed by atoms with Gasteiger partial charge in [-0.15, -0.1) is 10.2 Å². The predicted octanol–water partition coefficient (Wildman–Crippen LogP) is 3.27. The van der Waals surface area contributed by atoms with Crippen LogP contribution in [-0.2, 0) is 16.0 Å². The quantitative estimate of drug-likeness (QED) is 0.654. The summed E-state index contributed by atoms with van der Waals surface area (Å²) in [4.78, 5) is 26.4. The topological polar surface area (TPSA) is 84.4 Å². The number of methoxy groups -OCH3 is 1. The van der Waals surface area contributed by atoms with Crippen molar-refractivity contribution < 1.29 is 18.7 Å². The third-order valence-corrected chi connectivity index (χ3v) is 5.68. The molecule has 1 fully saturated rings. The highest BCUT2D eigenvalue weighted by Gasteiger charge is 2.35. The second kappa shape index (κ2) is 8.58. The maximum atomic E-state index is 13.1. The maximum absolute atomic E-state index is 13.1. The molecule has 1 aliphatic heterocycles. The molecule has 0 saturated carbocycles. The smallest absolute Gasteiger partial charge is 0.231 e. The van der Waals surface area contributed by atoms with Crippen LogP contribution in [0.5, 0.6) is 5.75 Å². The van der Waals surface area contributed by atoms with E-state index in [4.69, 9.17) is 4.74 Å². The minimum atomic E-state index is -0.503. The number of aromatic nitrogens is 2. The summed E-state index contributed by atoms with van der Waals surface area (Å²) in [6.07, 6.45) is 0.693. The molecule has 0 bridgehead atoms. The third kappa shape index (κ3) is 4.46. The van der Waals surface area contributed by atoms with Gasteiger partial charge in [0.1, 0.15) is 16.6 Å². The second-order valence-corrected chi connectivity index (χ2v) is 7.96. The molecule has 154 valence electrons. The third-order valence-electron chi connectivity index (χ3n) is 4.85. The van der Waals surface area contributed by atoms with Gasteiger partial charge in [0, 0.05) is 25.1 Å². The zero-order chi connectivity index (χ0) is 21.1. The summed E-state index contributed by atoms with van der Waals surface area (Å²) >= 11 is 1.30. The second-order valence-electron chi connectivity index (χ2n) is 6.90. The zero-order valence-corrected chi connectivity index (χ0v) is 17.0. The van der Waals surface area contributed by atoms with Crippen LogP contribution in [0.4, 0.5) is 15.2 Å². The highest BCUT2D eigenvalue weighted by Crippen LogP contribution is 2.27. The summed E-state index contributed by atoms with van der Waals surface area (Å²) in [5.41, 5.74) is 1.63. The van der Waals surface area contributed by atoms with Crippen LogP contribution in [0.2, 0.25) is 0 Å². The molecule has 4 rings (SSSR count). The van der Waals surface area contributed by atoms with Crippen molar-refractivity contribution in [1.82, 2.24) is 10.2 Å². The number of amides is 2. The molecule has 0 aliphatic carbocycles. The average molecular weight is 426 g/mol. The molecular weight excluding hydrogens is 407 g/mol. The minimum Gasteiger partial charge on any atom is -0.497 e. The molecule has 1 saturated heterocycles. The van der Waals surface area contributed by atoms with Crippen molar-refractivity contribution in [3.8, 4) is 5.75 Å². The summed E-state index contributed by atoms with van der Waals surface area (Å²) in [6.45, 7) is 0.244. The van der Waals surface area contributed by atoms with E-state index >= 15 is 0 Å². The van der Waals surface area contributed by atoms with Crippen molar-refractivity contribution >= 4 is 34.0 Å². The zero-order valence-electron chi connectivity index (χ0n) is 16.2. The molecule has 2 heterocycles. The van der Waals surface area contributed by atoms with Crippen LogP contribution in [0.15, 0.2) is 48.5 Å². The molecule has 30 heavy (non-hydrogen) atoms. The Morgan fingerprint density at radius 3 is 2.63 bits per heavy atom. The van der Waals surface area contributed by atoms with Crippen molar-refractivity contribution in [2.45, 2.75) is 12.8 Å². The van der Waals surface area contributed by atoms with Crippen LogP contribution >= 0.6 is 11.3 Å². The lowest BCUT2D eigenvalue weighted by Gasteiger charge is -2.16. The van der Waals surface area contributed by atoms with E-state index in [-0.39, 0.29) is 30.6 Å². The van der Waals surface area contributed by atoms with Crippen LogP contribution in [0.3, 0.4) is 0 Å². The number of hydrogen-bond donors (Lipinski definition) is 1. The van der Waals surface area contributed by atoms with E-state index in [1.165, 1.54) is 40.5 Å². The number of carbonyl (C=O) groups is 2. The molecule has 1 atom stereocenters.